The molecule has 2 amide bonds. The number of carbonyl (C=O) groups excluding carboxylic acids is 2. The van der Waals surface area contributed by atoms with Gasteiger partial charge in [0.05, 0.1) is 25.7 Å². The molecule has 1 saturated heterocycles. The topological polar surface area (TPSA) is 95.9 Å². The second-order valence-electron chi connectivity index (χ2n) is 5.29. The van der Waals surface area contributed by atoms with E-state index in [0.29, 0.717) is 31.7 Å². The standard InChI is InChI=1S/C15H20N2O5S/c18-13(17-5-6-22-9-12(17)8-14(19)20)2-1-4-16-15(21)11-3-7-23-10-11/h3,7,10,12H,1-2,4-6,8-9H2,(H,16,21)(H,19,20). The quantitative estimate of drug-likeness (QED) is 0.721. The van der Waals surface area contributed by atoms with Crippen LogP contribution in [0.25, 0.3) is 0 Å². The lowest BCUT2D eigenvalue weighted by molar-refractivity contribution is -0.146. The Labute approximate surface area is 138 Å². The molecule has 23 heavy (non-hydrogen) atoms. The van der Waals surface area contributed by atoms with Gasteiger partial charge in [-0.15, -0.1) is 0 Å². The van der Waals surface area contributed by atoms with Gasteiger partial charge in [0.15, 0.2) is 0 Å². The predicted molar refractivity (Wildman–Crippen MR) is 84.5 cm³/mol. The molecular formula is C15H20N2O5S. The number of hydrogen-bond donors (Lipinski definition) is 2. The number of thiophene rings is 1. The smallest absolute Gasteiger partial charge is 0.305 e. The van der Waals surface area contributed by atoms with E-state index >= 15 is 0 Å². The summed E-state index contributed by atoms with van der Waals surface area (Å²) in [4.78, 5) is 36.4. The summed E-state index contributed by atoms with van der Waals surface area (Å²) in [6, 6.07) is 1.34. The van der Waals surface area contributed by atoms with Crippen LogP contribution in [0.2, 0.25) is 0 Å². The van der Waals surface area contributed by atoms with Crippen molar-refractivity contribution in [2.24, 2.45) is 0 Å². The number of aliphatic carboxylic acids is 1. The number of carbonyl (C=O) groups is 3. The van der Waals surface area contributed by atoms with Crippen molar-refractivity contribution in [3.8, 4) is 0 Å². The van der Waals surface area contributed by atoms with E-state index in [0.717, 1.165) is 0 Å². The molecule has 126 valence electrons. The largest absolute Gasteiger partial charge is 0.481 e. The second-order valence-corrected chi connectivity index (χ2v) is 6.07. The number of rotatable bonds is 7. The average molecular weight is 340 g/mol. The Hall–Kier alpha value is -1.93. The summed E-state index contributed by atoms with van der Waals surface area (Å²) in [5.74, 6) is -1.18. The van der Waals surface area contributed by atoms with Gasteiger partial charge in [-0.05, 0) is 17.9 Å². The first-order valence-electron chi connectivity index (χ1n) is 7.47. The minimum atomic E-state index is -0.943. The van der Waals surface area contributed by atoms with Crippen molar-refractivity contribution in [1.82, 2.24) is 10.2 Å². The van der Waals surface area contributed by atoms with Crippen LogP contribution < -0.4 is 5.32 Å². The van der Waals surface area contributed by atoms with E-state index in [2.05, 4.69) is 5.32 Å². The Morgan fingerprint density at radius 1 is 1.43 bits per heavy atom. The molecule has 7 nitrogen and oxygen atoms in total. The van der Waals surface area contributed by atoms with Crippen LogP contribution in [0.15, 0.2) is 16.8 Å². The van der Waals surface area contributed by atoms with Gasteiger partial charge in [-0.1, -0.05) is 0 Å². The van der Waals surface area contributed by atoms with Crippen molar-refractivity contribution in [1.29, 1.82) is 0 Å². The highest BCUT2D eigenvalue weighted by Gasteiger charge is 2.28. The average Bonchev–Trinajstić information content (AvgIpc) is 3.05. The Kier molecular flexibility index (Phi) is 6.54. The molecule has 1 aliphatic rings. The Morgan fingerprint density at radius 2 is 2.26 bits per heavy atom. The molecule has 1 atom stereocenters. The highest BCUT2D eigenvalue weighted by molar-refractivity contribution is 7.08. The predicted octanol–water partition coefficient (Wildman–Crippen LogP) is 0.960. The van der Waals surface area contributed by atoms with Gasteiger partial charge in [-0.25, -0.2) is 0 Å². The van der Waals surface area contributed by atoms with Crippen LogP contribution in [0, 0.1) is 0 Å². The zero-order valence-electron chi connectivity index (χ0n) is 12.7. The maximum absolute atomic E-state index is 12.2. The molecule has 1 fully saturated rings. The summed E-state index contributed by atoms with van der Waals surface area (Å²) in [6.07, 6.45) is 0.687. The molecular weight excluding hydrogens is 320 g/mol. The van der Waals surface area contributed by atoms with E-state index in [1.807, 2.05) is 5.38 Å². The lowest BCUT2D eigenvalue weighted by Gasteiger charge is -2.35. The molecule has 2 N–H and O–H groups in total. The molecule has 0 aliphatic carbocycles. The molecule has 1 aromatic rings. The molecule has 0 spiro atoms. The van der Waals surface area contributed by atoms with E-state index in [1.165, 1.54) is 11.3 Å². The molecule has 0 radical (unpaired) electrons. The first kappa shape index (κ1) is 17.4. The molecule has 1 aromatic heterocycles. The number of amides is 2. The van der Waals surface area contributed by atoms with Gasteiger partial charge < -0.3 is 20.1 Å². The van der Waals surface area contributed by atoms with Crippen molar-refractivity contribution in [3.63, 3.8) is 0 Å². The van der Waals surface area contributed by atoms with Crippen LogP contribution in [0.4, 0.5) is 0 Å². The minimum absolute atomic E-state index is 0.0932. The summed E-state index contributed by atoms with van der Waals surface area (Å²) >= 11 is 1.45. The van der Waals surface area contributed by atoms with Crippen molar-refractivity contribution in [3.05, 3.63) is 22.4 Å². The molecule has 1 unspecified atom stereocenters. The Morgan fingerprint density at radius 3 is 2.96 bits per heavy atom. The fourth-order valence-electron chi connectivity index (χ4n) is 2.43. The van der Waals surface area contributed by atoms with Crippen LogP contribution >= 0.6 is 11.3 Å². The van der Waals surface area contributed by atoms with Crippen molar-refractivity contribution < 1.29 is 24.2 Å². The van der Waals surface area contributed by atoms with Crippen molar-refractivity contribution >= 4 is 29.1 Å². The summed E-state index contributed by atoms with van der Waals surface area (Å²) in [5, 5.41) is 15.3. The normalized spacial score (nSPS) is 17.7. The van der Waals surface area contributed by atoms with Gasteiger partial charge in [0.1, 0.15) is 0 Å². The zero-order chi connectivity index (χ0) is 16.7. The maximum atomic E-state index is 12.2. The van der Waals surface area contributed by atoms with E-state index in [4.69, 9.17) is 9.84 Å². The first-order chi connectivity index (χ1) is 11.1. The monoisotopic (exact) mass is 340 g/mol. The maximum Gasteiger partial charge on any atom is 0.305 e. The van der Waals surface area contributed by atoms with Gasteiger partial charge in [-0.2, -0.15) is 11.3 Å². The Balaban J connectivity index is 1.72. The number of nitrogens with zero attached hydrogens (tertiary/aromatic N) is 1. The molecule has 0 aromatic carbocycles. The second kappa shape index (κ2) is 8.64. The summed E-state index contributed by atoms with van der Waals surface area (Å²) in [7, 11) is 0. The number of carboxylic acid groups (broad SMARTS) is 1. The lowest BCUT2D eigenvalue weighted by atomic mass is 10.1. The van der Waals surface area contributed by atoms with Gasteiger partial charge in [-0.3, -0.25) is 14.4 Å². The van der Waals surface area contributed by atoms with Crippen LogP contribution in [-0.2, 0) is 14.3 Å². The summed E-state index contributed by atoms with van der Waals surface area (Å²) < 4.78 is 5.25. The number of nitrogens with one attached hydrogen (secondary N) is 1. The molecule has 0 bridgehead atoms. The van der Waals surface area contributed by atoms with E-state index < -0.39 is 12.0 Å². The molecule has 2 heterocycles. The molecule has 2 rings (SSSR count). The van der Waals surface area contributed by atoms with Gasteiger partial charge >= 0.3 is 5.97 Å². The van der Waals surface area contributed by atoms with Crippen LogP contribution in [-0.4, -0.2) is 60.1 Å². The first-order valence-corrected chi connectivity index (χ1v) is 8.41. The third-order valence-corrected chi connectivity index (χ3v) is 4.28. The number of morpholine rings is 1. The van der Waals surface area contributed by atoms with Gasteiger partial charge in [0.25, 0.3) is 5.91 Å². The van der Waals surface area contributed by atoms with E-state index in [-0.39, 0.29) is 31.3 Å². The van der Waals surface area contributed by atoms with Crippen LogP contribution in [0.1, 0.15) is 29.6 Å². The number of hydrogen-bond acceptors (Lipinski definition) is 5. The van der Waals surface area contributed by atoms with E-state index in [9.17, 15) is 14.4 Å². The third kappa shape index (κ3) is 5.33. The van der Waals surface area contributed by atoms with Gasteiger partial charge in [0, 0.05) is 30.5 Å². The third-order valence-electron chi connectivity index (χ3n) is 3.59. The SMILES string of the molecule is O=C(O)CC1COCCN1C(=O)CCCNC(=O)c1ccsc1. The van der Waals surface area contributed by atoms with Crippen molar-refractivity contribution in [2.45, 2.75) is 25.3 Å². The molecule has 0 saturated carbocycles. The lowest BCUT2D eigenvalue weighted by Crippen LogP contribution is -2.49. The highest BCUT2D eigenvalue weighted by atomic mass is 32.1. The van der Waals surface area contributed by atoms with Crippen molar-refractivity contribution in [2.75, 3.05) is 26.3 Å². The minimum Gasteiger partial charge on any atom is -0.481 e. The zero-order valence-corrected chi connectivity index (χ0v) is 13.5. The fraction of sp³-hybridized carbons (Fsp3) is 0.533. The molecule has 8 heteroatoms. The van der Waals surface area contributed by atoms with E-state index in [1.54, 1.807) is 16.3 Å². The van der Waals surface area contributed by atoms with Gasteiger partial charge in [0.2, 0.25) is 5.91 Å². The number of ether oxygens (including phenoxy) is 1. The highest BCUT2D eigenvalue weighted by Crippen LogP contribution is 2.13. The summed E-state index contributed by atoms with van der Waals surface area (Å²) in [6.45, 7) is 1.51. The van der Waals surface area contributed by atoms with Crippen LogP contribution in [0.3, 0.4) is 0 Å². The van der Waals surface area contributed by atoms with Crippen LogP contribution in [0.5, 0.6) is 0 Å². The number of carboxylic acids is 1. The molecule has 1 aliphatic heterocycles. The summed E-state index contributed by atoms with van der Waals surface area (Å²) in [5.41, 5.74) is 0.621. The Bertz CT molecular complexity index is 546. The fourth-order valence-corrected chi connectivity index (χ4v) is 3.07.